The Labute approximate surface area is 163 Å². The van der Waals surface area contributed by atoms with Gasteiger partial charge in [-0.25, -0.2) is 0 Å². The first-order valence-electron chi connectivity index (χ1n) is 9.22. The number of carbonyl (C=O) groups is 2. The number of aliphatic hydroxyl groups is 1. The lowest BCUT2D eigenvalue weighted by molar-refractivity contribution is -0.141. The third-order valence-corrected chi connectivity index (χ3v) is 9.77. The molecule has 0 aromatic heterocycles. The van der Waals surface area contributed by atoms with E-state index in [0.717, 1.165) is 0 Å². The van der Waals surface area contributed by atoms with Crippen LogP contribution in [0.4, 0.5) is 0 Å². The largest absolute Gasteiger partial charge is 0.481 e. The van der Waals surface area contributed by atoms with Crippen LogP contribution in [0.2, 0.25) is 18.1 Å². The summed E-state index contributed by atoms with van der Waals surface area (Å²) < 4.78 is 6.16. The molecule has 6 nitrogen and oxygen atoms in total. The van der Waals surface area contributed by atoms with E-state index in [1.54, 1.807) is 30.3 Å². The number of carboxylic acid groups (broad SMARTS) is 1. The van der Waals surface area contributed by atoms with Crippen LogP contribution in [0, 0.1) is 0 Å². The summed E-state index contributed by atoms with van der Waals surface area (Å²) in [7, 11) is -2.05. The number of aliphatic carboxylic acids is 1. The van der Waals surface area contributed by atoms with Crippen molar-refractivity contribution in [1.29, 1.82) is 0 Å². The van der Waals surface area contributed by atoms with Crippen LogP contribution < -0.4 is 5.32 Å². The third kappa shape index (κ3) is 6.75. The van der Waals surface area contributed by atoms with E-state index in [0.29, 0.717) is 5.56 Å². The summed E-state index contributed by atoms with van der Waals surface area (Å²) in [6, 6.07) is 8.17. The molecular weight excluding hydrogens is 362 g/mol. The lowest BCUT2D eigenvalue weighted by Crippen LogP contribution is -2.50. The summed E-state index contributed by atoms with van der Waals surface area (Å²) >= 11 is 0. The topological polar surface area (TPSA) is 95.9 Å². The van der Waals surface area contributed by atoms with Crippen molar-refractivity contribution >= 4 is 20.2 Å². The van der Waals surface area contributed by atoms with Crippen LogP contribution in [0.3, 0.4) is 0 Å². The molecule has 0 bridgehead atoms. The highest BCUT2D eigenvalue weighted by Crippen LogP contribution is 2.36. The highest BCUT2D eigenvalue weighted by molar-refractivity contribution is 6.74. The molecule has 27 heavy (non-hydrogen) atoms. The fourth-order valence-corrected chi connectivity index (χ4v) is 3.29. The van der Waals surface area contributed by atoms with Crippen molar-refractivity contribution < 1.29 is 24.2 Å². The quantitative estimate of drug-likeness (QED) is 0.558. The minimum atomic E-state index is -2.05. The Morgan fingerprint density at radius 3 is 2.19 bits per heavy atom. The maximum absolute atomic E-state index is 12.7. The van der Waals surface area contributed by atoms with Gasteiger partial charge in [0.1, 0.15) is 0 Å². The number of benzene rings is 1. The molecule has 152 valence electrons. The molecule has 3 N–H and O–H groups in total. The number of hydrogen-bond acceptors (Lipinski definition) is 4. The number of carbonyl (C=O) groups excluding carboxylic acids is 1. The predicted octanol–water partition coefficient (Wildman–Crippen LogP) is 3.27. The van der Waals surface area contributed by atoms with Gasteiger partial charge in [-0.3, -0.25) is 9.59 Å². The predicted molar refractivity (Wildman–Crippen MR) is 108 cm³/mol. The smallest absolute Gasteiger partial charge is 0.303 e. The van der Waals surface area contributed by atoms with E-state index in [1.807, 2.05) is 0 Å². The maximum atomic E-state index is 12.7. The first kappa shape index (κ1) is 23.3. The number of hydrogen-bond donors (Lipinski definition) is 3. The summed E-state index contributed by atoms with van der Waals surface area (Å²) in [5.41, 5.74) is -1.23. The summed E-state index contributed by atoms with van der Waals surface area (Å²) in [6.07, 6.45) is 0.153. The van der Waals surface area contributed by atoms with E-state index in [2.05, 4.69) is 39.2 Å². The van der Waals surface area contributed by atoms with E-state index in [9.17, 15) is 14.7 Å². The Morgan fingerprint density at radius 2 is 1.70 bits per heavy atom. The van der Waals surface area contributed by atoms with Gasteiger partial charge in [0.15, 0.2) is 13.9 Å². The molecule has 2 unspecified atom stereocenters. The molecule has 1 aromatic carbocycles. The number of amides is 1. The maximum Gasteiger partial charge on any atom is 0.303 e. The van der Waals surface area contributed by atoms with E-state index in [-0.39, 0.29) is 24.5 Å². The second-order valence-corrected chi connectivity index (χ2v) is 13.4. The van der Waals surface area contributed by atoms with Gasteiger partial charge in [-0.15, -0.1) is 0 Å². The zero-order chi connectivity index (χ0) is 20.9. The van der Waals surface area contributed by atoms with Crippen molar-refractivity contribution in [3.8, 4) is 0 Å². The van der Waals surface area contributed by atoms with Crippen molar-refractivity contribution in [2.24, 2.45) is 0 Å². The molecule has 2 atom stereocenters. The van der Waals surface area contributed by atoms with Crippen molar-refractivity contribution in [1.82, 2.24) is 5.32 Å². The lowest BCUT2D eigenvalue weighted by Gasteiger charge is -2.37. The molecule has 1 aromatic rings. The van der Waals surface area contributed by atoms with Gasteiger partial charge >= 0.3 is 5.97 Å². The van der Waals surface area contributed by atoms with Gasteiger partial charge in [-0.1, -0.05) is 51.1 Å². The van der Waals surface area contributed by atoms with Crippen molar-refractivity contribution in [2.45, 2.75) is 70.3 Å². The van der Waals surface area contributed by atoms with Crippen LogP contribution in [0.25, 0.3) is 0 Å². The first-order chi connectivity index (χ1) is 12.3. The molecule has 0 aliphatic rings. The highest BCUT2D eigenvalue weighted by atomic mass is 28.4. The lowest BCUT2D eigenvalue weighted by atomic mass is 9.94. The van der Waals surface area contributed by atoms with Crippen LogP contribution in [0.5, 0.6) is 0 Å². The standard InChI is InChI=1S/C20H33NO5Si/c1-19(2,3)27(5,6)26-14-16(12-13-17(22)23)21-18(24)20(4,25)15-10-8-7-9-11-15/h7-11,16,25H,12-14H2,1-6H3,(H,21,24)(H,22,23). The summed E-state index contributed by atoms with van der Waals surface area (Å²) in [5, 5.41) is 22.5. The molecule has 0 saturated heterocycles. The van der Waals surface area contributed by atoms with Gasteiger partial charge in [0.2, 0.25) is 0 Å². The van der Waals surface area contributed by atoms with E-state index >= 15 is 0 Å². The molecule has 7 heteroatoms. The van der Waals surface area contributed by atoms with E-state index in [1.165, 1.54) is 6.92 Å². The molecular formula is C20H33NO5Si. The van der Waals surface area contributed by atoms with Crippen molar-refractivity contribution in [2.75, 3.05) is 6.61 Å². The Morgan fingerprint density at radius 1 is 1.15 bits per heavy atom. The summed E-state index contributed by atoms with van der Waals surface area (Å²) in [5.74, 6) is -1.50. The Bertz CT molecular complexity index is 638. The molecule has 1 amide bonds. The Hall–Kier alpha value is -1.70. The Balaban J connectivity index is 2.87. The fraction of sp³-hybridized carbons (Fsp3) is 0.600. The van der Waals surface area contributed by atoms with Crippen LogP contribution in [0.15, 0.2) is 30.3 Å². The van der Waals surface area contributed by atoms with Crippen LogP contribution in [-0.2, 0) is 19.6 Å². The molecule has 0 aliphatic heterocycles. The van der Waals surface area contributed by atoms with Crippen molar-refractivity contribution in [3.05, 3.63) is 35.9 Å². The van der Waals surface area contributed by atoms with Gasteiger partial charge in [0.05, 0.1) is 12.6 Å². The van der Waals surface area contributed by atoms with Crippen molar-refractivity contribution in [3.63, 3.8) is 0 Å². The van der Waals surface area contributed by atoms with Crippen LogP contribution >= 0.6 is 0 Å². The SMILES string of the molecule is CC(O)(C(=O)NC(CCC(=O)O)CO[Si](C)(C)C(C)(C)C)c1ccccc1. The highest BCUT2D eigenvalue weighted by Gasteiger charge is 2.38. The number of carboxylic acids is 1. The molecule has 1 rings (SSSR count). The molecule has 0 heterocycles. The number of nitrogens with one attached hydrogen (secondary N) is 1. The van der Waals surface area contributed by atoms with Gasteiger partial charge < -0.3 is 20.0 Å². The van der Waals surface area contributed by atoms with E-state index < -0.39 is 31.8 Å². The molecule has 0 radical (unpaired) electrons. The normalized spacial score (nSPS) is 15.7. The zero-order valence-corrected chi connectivity index (χ0v) is 18.2. The molecule has 0 spiro atoms. The summed E-state index contributed by atoms with van der Waals surface area (Å²) in [4.78, 5) is 23.7. The van der Waals surface area contributed by atoms with Gasteiger partial charge in [-0.2, -0.15) is 0 Å². The minimum Gasteiger partial charge on any atom is -0.481 e. The monoisotopic (exact) mass is 395 g/mol. The fourth-order valence-electron chi connectivity index (χ4n) is 2.24. The van der Waals surface area contributed by atoms with Gasteiger partial charge in [0, 0.05) is 6.42 Å². The second-order valence-electron chi connectivity index (χ2n) is 8.61. The molecule has 0 saturated carbocycles. The zero-order valence-electron chi connectivity index (χ0n) is 17.2. The third-order valence-electron chi connectivity index (χ3n) is 5.27. The average molecular weight is 396 g/mol. The van der Waals surface area contributed by atoms with Crippen LogP contribution in [-0.4, -0.2) is 43.1 Å². The first-order valence-corrected chi connectivity index (χ1v) is 12.1. The number of rotatable bonds is 9. The van der Waals surface area contributed by atoms with E-state index in [4.69, 9.17) is 9.53 Å². The molecule has 0 aliphatic carbocycles. The minimum absolute atomic E-state index is 0.00386. The molecule has 0 fully saturated rings. The second kappa shape index (κ2) is 8.99. The van der Waals surface area contributed by atoms with Gasteiger partial charge in [-0.05, 0) is 37.0 Å². The van der Waals surface area contributed by atoms with Crippen LogP contribution in [0.1, 0.15) is 46.1 Å². The average Bonchev–Trinajstić information content (AvgIpc) is 2.56. The van der Waals surface area contributed by atoms with Gasteiger partial charge in [0.25, 0.3) is 5.91 Å². The summed E-state index contributed by atoms with van der Waals surface area (Å²) in [6.45, 7) is 12.2. The Kier molecular flexibility index (Phi) is 7.77.